The lowest BCUT2D eigenvalue weighted by molar-refractivity contribution is 0.110. The van der Waals surface area contributed by atoms with Gasteiger partial charge in [-0.1, -0.05) is 80.1 Å². The molecule has 0 heterocycles. The second-order valence-electron chi connectivity index (χ2n) is 8.74. The molecule has 0 amide bonds. The summed E-state index contributed by atoms with van der Waals surface area (Å²) >= 11 is 0. The Balaban J connectivity index is -0.000000448. The molecule has 8 nitrogen and oxygen atoms in total. The Labute approximate surface area is 219 Å². The molecular formula is C25H60N2O6P2. The molecule has 0 spiro atoms. The summed E-state index contributed by atoms with van der Waals surface area (Å²) in [4.78, 5) is 21.1. The minimum atomic E-state index is -3.04. The van der Waals surface area contributed by atoms with Crippen LogP contribution >= 0.6 is 16.5 Å². The molecule has 2 N–H and O–H groups in total. The van der Waals surface area contributed by atoms with Gasteiger partial charge in [0.1, 0.15) is 0 Å². The molecule has 0 saturated carbocycles. The highest BCUT2D eigenvalue weighted by Crippen LogP contribution is 2.19. The van der Waals surface area contributed by atoms with E-state index in [-0.39, 0.29) is 0 Å². The highest BCUT2D eigenvalue weighted by Gasteiger charge is 2.02. The van der Waals surface area contributed by atoms with E-state index < -0.39 is 23.3 Å². The van der Waals surface area contributed by atoms with Gasteiger partial charge in [-0.3, -0.25) is 18.2 Å². The van der Waals surface area contributed by atoms with Crippen LogP contribution in [0.1, 0.15) is 119 Å². The molecular weight excluding hydrogens is 486 g/mol. The summed E-state index contributed by atoms with van der Waals surface area (Å²) in [6, 6.07) is 0. The summed E-state index contributed by atoms with van der Waals surface area (Å²) in [7, 11) is -6.08. The second kappa shape index (κ2) is 34.2. The minimum Gasteiger partial charge on any atom is -0.326 e. The third-order valence-electron chi connectivity index (χ3n) is 5.33. The van der Waals surface area contributed by atoms with Crippen molar-refractivity contribution in [2.75, 3.05) is 46.1 Å². The lowest BCUT2D eigenvalue weighted by atomic mass is 10.2. The fourth-order valence-corrected chi connectivity index (χ4v) is 3.53. The number of hydrogen-bond acceptors (Lipinski definition) is 6. The van der Waals surface area contributed by atoms with Crippen molar-refractivity contribution < 1.29 is 28.0 Å². The van der Waals surface area contributed by atoms with E-state index in [1.54, 1.807) is 0 Å². The van der Waals surface area contributed by atoms with E-state index >= 15 is 0 Å². The zero-order valence-electron chi connectivity index (χ0n) is 23.9. The summed E-state index contributed by atoms with van der Waals surface area (Å²) in [5.41, 5.74) is 0. The molecule has 0 fully saturated rings. The van der Waals surface area contributed by atoms with Crippen LogP contribution in [0.5, 0.6) is 0 Å². The lowest BCUT2D eigenvalue weighted by Crippen LogP contribution is -2.27. The van der Waals surface area contributed by atoms with E-state index in [0.717, 1.165) is 0 Å². The van der Waals surface area contributed by atoms with Gasteiger partial charge >= 0.3 is 16.5 Å². The highest BCUT2D eigenvalue weighted by atomic mass is 31.1. The molecule has 0 aliphatic rings. The van der Waals surface area contributed by atoms with Crippen LogP contribution in [0.15, 0.2) is 0 Å². The summed E-state index contributed by atoms with van der Waals surface area (Å²) < 4.78 is 27.2. The lowest BCUT2D eigenvalue weighted by Gasteiger charge is -2.21. The Bertz CT molecular complexity index is 372. The van der Waals surface area contributed by atoms with Gasteiger partial charge in [0.05, 0.1) is 0 Å². The molecule has 0 aromatic heterocycles. The molecule has 0 aromatic carbocycles. The molecule has 10 heteroatoms. The fourth-order valence-electron chi connectivity index (χ4n) is 3.09. The van der Waals surface area contributed by atoms with Crippen LogP contribution in [0.4, 0.5) is 0 Å². The second-order valence-corrected chi connectivity index (χ2v) is 10.4. The van der Waals surface area contributed by atoms with Crippen LogP contribution in [0.2, 0.25) is 0 Å². The first-order chi connectivity index (χ1) is 16.8. The molecule has 216 valence electrons. The quantitative estimate of drug-likeness (QED) is 0.109. The van der Waals surface area contributed by atoms with Crippen molar-refractivity contribution in [1.82, 2.24) is 9.80 Å². The average Bonchev–Trinajstić information content (AvgIpc) is 2.83. The van der Waals surface area contributed by atoms with Crippen molar-refractivity contribution in [3.63, 3.8) is 0 Å². The van der Waals surface area contributed by atoms with E-state index in [2.05, 4.69) is 60.4 Å². The molecule has 0 aliphatic carbocycles. The summed E-state index contributed by atoms with van der Waals surface area (Å²) in [5.74, 6) is 0. The number of unbranched alkanes of at least 4 members (excludes halogenated alkanes) is 6. The molecule has 0 saturated heterocycles. The van der Waals surface area contributed by atoms with Gasteiger partial charge in [0, 0.05) is 0 Å². The van der Waals surface area contributed by atoms with E-state index in [4.69, 9.17) is 9.79 Å². The van der Waals surface area contributed by atoms with Crippen molar-refractivity contribution in [1.29, 1.82) is 0 Å². The maximum Gasteiger partial charge on any atom is 0.318 e. The van der Waals surface area contributed by atoms with Crippen LogP contribution in [-0.4, -0.2) is 65.6 Å². The van der Waals surface area contributed by atoms with Crippen LogP contribution in [0.25, 0.3) is 0 Å². The van der Waals surface area contributed by atoms with Crippen LogP contribution in [0, 0.1) is 0 Å². The largest absolute Gasteiger partial charge is 0.326 e. The van der Waals surface area contributed by atoms with Crippen molar-refractivity contribution in [2.24, 2.45) is 0 Å². The van der Waals surface area contributed by atoms with Crippen molar-refractivity contribution >= 4 is 16.5 Å². The smallest absolute Gasteiger partial charge is 0.318 e. The molecule has 0 aromatic rings. The Hall–Kier alpha value is 0.220. The van der Waals surface area contributed by atoms with Gasteiger partial charge < -0.3 is 19.6 Å². The van der Waals surface area contributed by atoms with Gasteiger partial charge in [0.2, 0.25) is 0 Å². The van der Waals surface area contributed by atoms with Gasteiger partial charge in [-0.05, 0) is 77.8 Å². The fraction of sp³-hybridized carbons (Fsp3) is 1.00. The van der Waals surface area contributed by atoms with Gasteiger partial charge in [-0.25, -0.2) is 0 Å². The molecule has 35 heavy (non-hydrogen) atoms. The number of rotatable bonds is 22. The van der Waals surface area contributed by atoms with Gasteiger partial charge in [-0.2, -0.15) is 0 Å². The standard InChI is InChI=1S/2C12H27N.CH6O6P2/c2*1-4-7-10-13(11-8-5-2)12-9-6-3;2-8(3)6-1-7-9(4)5/h2*4-12H2,1-3H3;8-9H,1H2,(H,2,3)(H,4,5). The molecule has 0 aliphatic heterocycles. The van der Waals surface area contributed by atoms with Crippen molar-refractivity contribution in [3.8, 4) is 0 Å². The normalized spacial score (nSPS) is 12.6. The first kappa shape index (κ1) is 39.7. The topological polar surface area (TPSA) is 99.5 Å². The highest BCUT2D eigenvalue weighted by molar-refractivity contribution is 7.32. The zero-order valence-corrected chi connectivity index (χ0v) is 25.9. The van der Waals surface area contributed by atoms with E-state index in [0.29, 0.717) is 0 Å². The van der Waals surface area contributed by atoms with E-state index in [9.17, 15) is 9.13 Å². The van der Waals surface area contributed by atoms with Crippen LogP contribution in [-0.2, 0) is 18.2 Å². The summed E-state index contributed by atoms with van der Waals surface area (Å²) in [6.45, 7) is 20.9. The monoisotopic (exact) mass is 546 g/mol. The van der Waals surface area contributed by atoms with E-state index in [1.807, 2.05) is 0 Å². The van der Waals surface area contributed by atoms with Crippen LogP contribution < -0.4 is 0 Å². The third kappa shape index (κ3) is 38.9. The SMILES string of the molecule is CCCCN(CCCC)CCCC.CCCCN(CCCC)CCCC.O=[PH](O)OCO[PH](=O)O. The first-order valence-corrected chi connectivity index (χ1v) is 16.5. The Kier molecular flexibility index (Phi) is 38.8. The summed E-state index contributed by atoms with van der Waals surface area (Å²) in [6.07, 6.45) is 16.2. The molecule has 0 rings (SSSR count). The van der Waals surface area contributed by atoms with Gasteiger partial charge in [0.25, 0.3) is 0 Å². The Morgan fingerprint density at radius 3 is 0.829 bits per heavy atom. The predicted octanol–water partition coefficient (Wildman–Crippen LogP) is 7.12. The Morgan fingerprint density at radius 1 is 0.486 bits per heavy atom. The van der Waals surface area contributed by atoms with E-state index in [1.165, 1.54) is 116 Å². The minimum absolute atomic E-state index is 0.622. The Morgan fingerprint density at radius 2 is 0.686 bits per heavy atom. The van der Waals surface area contributed by atoms with Crippen molar-refractivity contribution in [2.45, 2.75) is 119 Å². The van der Waals surface area contributed by atoms with Gasteiger partial charge in [-0.15, -0.1) is 0 Å². The molecule has 0 radical (unpaired) electrons. The first-order valence-electron chi connectivity index (χ1n) is 14.0. The molecule has 0 bridgehead atoms. The average molecular weight is 547 g/mol. The summed E-state index contributed by atoms with van der Waals surface area (Å²) in [5, 5.41) is 0. The maximum absolute atomic E-state index is 9.69. The maximum atomic E-state index is 9.69. The zero-order chi connectivity index (χ0) is 27.2. The number of nitrogens with zero attached hydrogens (tertiary/aromatic N) is 2. The van der Waals surface area contributed by atoms with Crippen molar-refractivity contribution in [3.05, 3.63) is 0 Å². The molecule has 2 atom stereocenters. The van der Waals surface area contributed by atoms with Gasteiger partial charge in [0.15, 0.2) is 6.79 Å². The third-order valence-corrected chi connectivity index (χ3v) is 6.06. The number of hydrogen-bond donors (Lipinski definition) is 2. The molecule has 2 unspecified atom stereocenters. The van der Waals surface area contributed by atoms with Crippen LogP contribution in [0.3, 0.4) is 0 Å². The predicted molar refractivity (Wildman–Crippen MR) is 152 cm³/mol.